The molecule has 2 unspecified atom stereocenters. The fourth-order valence-electron chi connectivity index (χ4n) is 2.51. The molecule has 0 aromatic carbocycles. The van der Waals surface area contributed by atoms with E-state index in [1.165, 1.54) is 6.92 Å². The molecule has 0 amide bonds. The van der Waals surface area contributed by atoms with Gasteiger partial charge in [-0.15, -0.1) is 0 Å². The molecule has 2 atom stereocenters. The van der Waals surface area contributed by atoms with Gasteiger partial charge in [0, 0.05) is 13.3 Å². The van der Waals surface area contributed by atoms with Gasteiger partial charge in [-0.2, -0.15) is 0 Å². The molecule has 0 aromatic rings. The summed E-state index contributed by atoms with van der Waals surface area (Å²) in [7, 11) is 1.10. The second-order valence-corrected chi connectivity index (χ2v) is 10.5. The van der Waals surface area contributed by atoms with Crippen LogP contribution in [0.2, 0.25) is 0 Å². The summed E-state index contributed by atoms with van der Waals surface area (Å²) in [5, 5.41) is 0. The van der Waals surface area contributed by atoms with Gasteiger partial charge < -0.3 is 27.9 Å². The molecular formula is C26H44NO8P. The summed E-state index contributed by atoms with van der Waals surface area (Å²) in [4.78, 5) is 35.2. The third kappa shape index (κ3) is 23.7. The van der Waals surface area contributed by atoms with Gasteiger partial charge in [-0.25, -0.2) is 0 Å². The van der Waals surface area contributed by atoms with Crippen LogP contribution in [0.4, 0.5) is 0 Å². The van der Waals surface area contributed by atoms with Crippen molar-refractivity contribution in [1.29, 1.82) is 0 Å². The quantitative estimate of drug-likeness (QED) is 0.0996. The summed E-state index contributed by atoms with van der Waals surface area (Å²) in [6.07, 6.45) is 19.6. The first-order valence-electron chi connectivity index (χ1n) is 12.3. The molecule has 0 aliphatic rings. The van der Waals surface area contributed by atoms with E-state index in [9.17, 15) is 19.0 Å². The van der Waals surface area contributed by atoms with E-state index in [2.05, 4.69) is 43.4 Å². The van der Waals surface area contributed by atoms with E-state index in [-0.39, 0.29) is 19.6 Å². The van der Waals surface area contributed by atoms with E-state index in [0.29, 0.717) is 17.4 Å². The van der Waals surface area contributed by atoms with Crippen molar-refractivity contribution in [3.05, 3.63) is 48.6 Å². The minimum atomic E-state index is -4.59. The molecule has 0 N–H and O–H groups in total. The summed E-state index contributed by atoms with van der Waals surface area (Å²) >= 11 is 0. The van der Waals surface area contributed by atoms with Crippen molar-refractivity contribution in [2.75, 3.05) is 47.5 Å². The van der Waals surface area contributed by atoms with Crippen molar-refractivity contribution in [1.82, 2.24) is 0 Å². The maximum absolute atomic E-state index is 12.1. The van der Waals surface area contributed by atoms with Gasteiger partial charge in [-0.05, 0) is 32.1 Å². The molecule has 0 heterocycles. The molecule has 10 heteroatoms. The lowest BCUT2D eigenvalue weighted by Gasteiger charge is -2.28. The Bertz CT molecular complexity index is 783. The third-order valence-electron chi connectivity index (χ3n) is 4.43. The van der Waals surface area contributed by atoms with Crippen LogP contribution < -0.4 is 4.89 Å². The van der Waals surface area contributed by atoms with Gasteiger partial charge in [-0.1, -0.05) is 55.5 Å². The van der Waals surface area contributed by atoms with Crippen LogP contribution in [0, 0.1) is 0 Å². The van der Waals surface area contributed by atoms with Gasteiger partial charge in [0.05, 0.1) is 27.7 Å². The number of esters is 2. The zero-order chi connectivity index (χ0) is 27.3. The Labute approximate surface area is 216 Å². The molecule has 0 aliphatic heterocycles. The molecule has 36 heavy (non-hydrogen) atoms. The smallest absolute Gasteiger partial charge is 0.306 e. The van der Waals surface area contributed by atoms with Gasteiger partial charge in [0.2, 0.25) is 0 Å². The van der Waals surface area contributed by atoms with Crippen LogP contribution in [0.5, 0.6) is 0 Å². The lowest BCUT2D eigenvalue weighted by Crippen LogP contribution is -2.37. The summed E-state index contributed by atoms with van der Waals surface area (Å²) in [5.41, 5.74) is 0. The monoisotopic (exact) mass is 529 g/mol. The first-order chi connectivity index (χ1) is 16.9. The standard InChI is InChI=1S/C26H44NO8P/c1-6-7-8-9-10-11-12-13-14-15-16-17-18-19-26(29)35-25(22-32-24(2)28)23-34-36(30,31)33-21-20-27(3,4)5/h7-8,10-11,13-14,16-17,25H,6,9,12,15,18-23H2,1-5H3/b8-7-,11-10-,14-13-,17-16-. The van der Waals surface area contributed by atoms with E-state index < -0.39 is 32.5 Å². The Hall–Kier alpha value is -2.03. The van der Waals surface area contributed by atoms with Gasteiger partial charge >= 0.3 is 11.9 Å². The number of hydrogen-bond acceptors (Lipinski definition) is 8. The zero-order valence-electron chi connectivity index (χ0n) is 22.4. The van der Waals surface area contributed by atoms with E-state index in [1.54, 1.807) is 0 Å². The van der Waals surface area contributed by atoms with Crippen LogP contribution >= 0.6 is 7.82 Å². The van der Waals surface area contributed by atoms with Crippen molar-refractivity contribution in [3.8, 4) is 0 Å². The predicted octanol–water partition coefficient (Wildman–Crippen LogP) is 4.25. The average Bonchev–Trinajstić information content (AvgIpc) is 2.77. The number of phosphoric ester groups is 1. The number of carbonyl (C=O) groups excluding carboxylic acids is 2. The minimum Gasteiger partial charge on any atom is -0.756 e. The third-order valence-corrected chi connectivity index (χ3v) is 5.40. The predicted molar refractivity (Wildman–Crippen MR) is 139 cm³/mol. The normalized spacial score (nSPS) is 15.2. The van der Waals surface area contributed by atoms with Crippen LogP contribution in [0.15, 0.2) is 48.6 Å². The maximum Gasteiger partial charge on any atom is 0.306 e. The van der Waals surface area contributed by atoms with Crippen LogP contribution in [0.25, 0.3) is 0 Å². The summed E-state index contributed by atoms with van der Waals surface area (Å²) in [6, 6.07) is 0. The van der Waals surface area contributed by atoms with E-state index in [4.69, 9.17) is 18.5 Å². The molecular weight excluding hydrogens is 485 g/mol. The highest BCUT2D eigenvalue weighted by Crippen LogP contribution is 2.38. The first-order valence-corrected chi connectivity index (χ1v) is 13.7. The summed E-state index contributed by atoms with van der Waals surface area (Å²) in [6.45, 7) is 2.90. The average molecular weight is 530 g/mol. The maximum atomic E-state index is 12.1. The summed E-state index contributed by atoms with van der Waals surface area (Å²) < 4.78 is 32.2. The van der Waals surface area contributed by atoms with Crippen LogP contribution in [-0.4, -0.2) is 70.0 Å². The highest BCUT2D eigenvalue weighted by Gasteiger charge is 2.20. The number of rotatable bonds is 20. The van der Waals surface area contributed by atoms with Crippen molar-refractivity contribution in [2.45, 2.75) is 58.5 Å². The molecule has 0 spiro atoms. The van der Waals surface area contributed by atoms with Crippen molar-refractivity contribution >= 4 is 19.8 Å². The van der Waals surface area contributed by atoms with Gasteiger partial charge in [-0.3, -0.25) is 14.2 Å². The largest absolute Gasteiger partial charge is 0.756 e. The summed E-state index contributed by atoms with van der Waals surface area (Å²) in [5.74, 6) is -1.13. The molecule has 206 valence electrons. The topological polar surface area (TPSA) is 111 Å². The van der Waals surface area contributed by atoms with Crippen LogP contribution in [-0.2, 0) is 32.7 Å². The molecule has 0 radical (unpaired) electrons. The number of carbonyl (C=O) groups is 2. The number of hydrogen-bond donors (Lipinski definition) is 0. The van der Waals surface area contributed by atoms with Crippen LogP contribution in [0.3, 0.4) is 0 Å². The molecule has 0 bridgehead atoms. The minimum absolute atomic E-state index is 0.0481. The first kappa shape index (κ1) is 34.0. The van der Waals surface area contributed by atoms with Crippen molar-refractivity contribution in [2.24, 2.45) is 0 Å². The SMILES string of the molecule is CC/C=C\C/C=C\C/C=C\C/C=C\CCC(=O)OC(COC(C)=O)COP(=O)([O-])OCC[N+](C)(C)C. The molecule has 0 rings (SSSR count). The molecule has 0 aromatic heterocycles. The number of allylic oxidation sites excluding steroid dienone is 8. The Kier molecular flexibility index (Phi) is 18.9. The fraction of sp³-hybridized carbons (Fsp3) is 0.615. The lowest BCUT2D eigenvalue weighted by atomic mass is 10.2. The fourth-order valence-corrected chi connectivity index (χ4v) is 3.24. The van der Waals surface area contributed by atoms with Crippen molar-refractivity contribution < 1.29 is 42.1 Å². The molecule has 0 saturated heterocycles. The Morgan fingerprint density at radius 1 is 0.889 bits per heavy atom. The molecule has 0 saturated carbocycles. The van der Waals surface area contributed by atoms with Crippen molar-refractivity contribution in [3.63, 3.8) is 0 Å². The Morgan fingerprint density at radius 3 is 1.97 bits per heavy atom. The van der Waals surface area contributed by atoms with Gasteiger partial charge in [0.25, 0.3) is 7.82 Å². The number of nitrogens with zero attached hydrogens (tertiary/aromatic N) is 1. The molecule has 0 fully saturated rings. The number of quaternary nitrogens is 1. The second-order valence-electron chi connectivity index (χ2n) is 9.04. The number of phosphoric acid groups is 1. The van der Waals surface area contributed by atoms with E-state index >= 15 is 0 Å². The molecule has 9 nitrogen and oxygen atoms in total. The van der Waals surface area contributed by atoms with E-state index in [1.807, 2.05) is 33.3 Å². The number of ether oxygens (including phenoxy) is 2. The number of likely N-dealkylation sites (N-methyl/N-ethyl adjacent to an activating group) is 1. The van der Waals surface area contributed by atoms with E-state index in [0.717, 1.165) is 25.7 Å². The second kappa shape index (κ2) is 20.1. The highest BCUT2D eigenvalue weighted by molar-refractivity contribution is 7.45. The molecule has 0 aliphatic carbocycles. The van der Waals surface area contributed by atoms with Crippen LogP contribution in [0.1, 0.15) is 52.4 Å². The highest BCUT2D eigenvalue weighted by atomic mass is 31.2. The van der Waals surface area contributed by atoms with Gasteiger partial charge in [0.1, 0.15) is 19.8 Å². The Balaban J connectivity index is 4.37. The Morgan fingerprint density at radius 2 is 1.44 bits per heavy atom. The zero-order valence-corrected chi connectivity index (χ0v) is 23.3. The van der Waals surface area contributed by atoms with Gasteiger partial charge in [0.15, 0.2) is 6.10 Å². The lowest BCUT2D eigenvalue weighted by molar-refractivity contribution is -0.870.